The number of aryl methyl sites for hydroxylation is 1. The lowest BCUT2D eigenvalue weighted by Gasteiger charge is -2.35. The van der Waals surface area contributed by atoms with Crippen LogP contribution in [0.1, 0.15) is 25.3 Å². The van der Waals surface area contributed by atoms with Crippen molar-refractivity contribution in [2.75, 3.05) is 19.7 Å². The zero-order chi connectivity index (χ0) is 19.0. The molecule has 0 radical (unpaired) electrons. The second-order valence-electron chi connectivity index (χ2n) is 7.38. The molecule has 6 nitrogen and oxygen atoms in total. The van der Waals surface area contributed by atoms with E-state index in [0.29, 0.717) is 35.3 Å². The van der Waals surface area contributed by atoms with Crippen LogP contribution >= 0.6 is 0 Å². The molecule has 1 atom stereocenters. The molecule has 1 aliphatic heterocycles. The standard InChI is InChI=1S/C21H25N3O3/c1-13(2)24-9-10-26-15(12-24)11-19-23-21-18(27-19)8-7-16(22-21)20-14(3)5-4-6-17(20)25/h4-8,13,15,25H,9-12H2,1-3H3. The van der Waals surface area contributed by atoms with Crippen LogP contribution in [0.15, 0.2) is 34.7 Å². The molecule has 3 aromatic rings. The van der Waals surface area contributed by atoms with Gasteiger partial charge in [-0.15, -0.1) is 0 Å². The number of phenols is 1. The third kappa shape index (κ3) is 3.68. The van der Waals surface area contributed by atoms with Gasteiger partial charge in [0.15, 0.2) is 17.1 Å². The van der Waals surface area contributed by atoms with Crippen molar-refractivity contribution in [1.82, 2.24) is 14.9 Å². The van der Waals surface area contributed by atoms with Gasteiger partial charge in [-0.3, -0.25) is 4.90 Å². The monoisotopic (exact) mass is 367 g/mol. The Hall–Kier alpha value is -2.44. The fourth-order valence-corrected chi connectivity index (χ4v) is 3.60. The fourth-order valence-electron chi connectivity index (χ4n) is 3.60. The number of benzene rings is 1. The van der Waals surface area contributed by atoms with Gasteiger partial charge in [-0.05, 0) is 44.5 Å². The van der Waals surface area contributed by atoms with Crippen molar-refractivity contribution in [3.8, 4) is 17.0 Å². The summed E-state index contributed by atoms with van der Waals surface area (Å²) in [6.07, 6.45) is 0.707. The highest BCUT2D eigenvalue weighted by atomic mass is 16.5. The molecule has 4 rings (SSSR count). The number of pyridine rings is 1. The molecule has 1 fully saturated rings. The van der Waals surface area contributed by atoms with Gasteiger partial charge < -0.3 is 14.3 Å². The van der Waals surface area contributed by atoms with E-state index in [4.69, 9.17) is 9.15 Å². The van der Waals surface area contributed by atoms with Gasteiger partial charge in [0.2, 0.25) is 0 Å². The molecule has 0 saturated carbocycles. The van der Waals surface area contributed by atoms with Gasteiger partial charge >= 0.3 is 0 Å². The molecule has 1 aliphatic rings. The Balaban J connectivity index is 1.58. The van der Waals surface area contributed by atoms with Crippen LogP contribution in [0.25, 0.3) is 22.5 Å². The van der Waals surface area contributed by atoms with Crippen LogP contribution in [0.3, 0.4) is 0 Å². The minimum Gasteiger partial charge on any atom is -0.507 e. The van der Waals surface area contributed by atoms with E-state index in [1.54, 1.807) is 6.07 Å². The lowest BCUT2D eigenvalue weighted by atomic mass is 10.0. The first-order chi connectivity index (χ1) is 13.0. The van der Waals surface area contributed by atoms with Crippen LogP contribution in [0, 0.1) is 6.92 Å². The maximum absolute atomic E-state index is 10.2. The molecule has 1 unspecified atom stereocenters. The van der Waals surface area contributed by atoms with E-state index >= 15 is 0 Å². The van der Waals surface area contributed by atoms with E-state index in [1.165, 1.54) is 0 Å². The number of fused-ring (bicyclic) bond motifs is 1. The number of aromatic nitrogens is 2. The number of ether oxygens (including phenoxy) is 1. The first-order valence-electron chi connectivity index (χ1n) is 9.42. The molecule has 1 N–H and O–H groups in total. The molecular formula is C21H25N3O3. The van der Waals surface area contributed by atoms with E-state index in [9.17, 15) is 5.11 Å². The predicted octanol–water partition coefficient (Wildman–Crippen LogP) is 3.56. The normalized spacial score (nSPS) is 18.4. The molecule has 0 spiro atoms. The Morgan fingerprint density at radius 1 is 1.22 bits per heavy atom. The van der Waals surface area contributed by atoms with Crippen molar-refractivity contribution >= 4 is 11.2 Å². The van der Waals surface area contributed by atoms with Gasteiger partial charge in [-0.2, -0.15) is 4.98 Å². The SMILES string of the molecule is Cc1cccc(O)c1-c1ccc2oc(CC3CN(C(C)C)CCO3)nc2n1. The first-order valence-corrected chi connectivity index (χ1v) is 9.42. The van der Waals surface area contributed by atoms with Crippen LogP contribution in [0.5, 0.6) is 5.75 Å². The van der Waals surface area contributed by atoms with Crippen molar-refractivity contribution in [3.05, 3.63) is 41.8 Å². The summed E-state index contributed by atoms with van der Waals surface area (Å²) in [6.45, 7) is 8.94. The van der Waals surface area contributed by atoms with Gasteiger partial charge in [-0.25, -0.2) is 4.98 Å². The van der Waals surface area contributed by atoms with E-state index in [-0.39, 0.29) is 11.9 Å². The molecular weight excluding hydrogens is 342 g/mol. The second-order valence-corrected chi connectivity index (χ2v) is 7.38. The number of oxazole rings is 1. The number of aromatic hydroxyl groups is 1. The number of morpholine rings is 1. The summed E-state index contributed by atoms with van der Waals surface area (Å²) < 4.78 is 11.8. The van der Waals surface area contributed by atoms with Crippen molar-refractivity contribution in [3.63, 3.8) is 0 Å². The second kappa shape index (κ2) is 7.29. The molecule has 1 saturated heterocycles. The third-order valence-electron chi connectivity index (χ3n) is 5.11. The summed E-state index contributed by atoms with van der Waals surface area (Å²) in [4.78, 5) is 11.6. The highest BCUT2D eigenvalue weighted by Gasteiger charge is 2.24. The quantitative estimate of drug-likeness (QED) is 0.760. The molecule has 142 valence electrons. The third-order valence-corrected chi connectivity index (χ3v) is 5.11. The average molecular weight is 367 g/mol. The van der Waals surface area contributed by atoms with Gasteiger partial charge in [0.1, 0.15) is 5.75 Å². The number of phenolic OH excluding ortho intramolecular Hbond substituents is 1. The van der Waals surface area contributed by atoms with Crippen molar-refractivity contribution < 1.29 is 14.3 Å². The molecule has 0 bridgehead atoms. The Bertz CT molecular complexity index is 931. The van der Waals surface area contributed by atoms with E-state index in [0.717, 1.165) is 30.8 Å². The lowest BCUT2D eigenvalue weighted by molar-refractivity contribution is -0.0400. The predicted molar refractivity (Wildman–Crippen MR) is 104 cm³/mol. The number of hydrogen-bond acceptors (Lipinski definition) is 6. The first kappa shape index (κ1) is 17.9. The summed E-state index contributed by atoms with van der Waals surface area (Å²) in [5.41, 5.74) is 3.60. The van der Waals surface area contributed by atoms with E-state index in [2.05, 4.69) is 28.7 Å². The highest BCUT2D eigenvalue weighted by molar-refractivity contribution is 5.77. The Morgan fingerprint density at radius 3 is 2.85 bits per heavy atom. The minimum absolute atomic E-state index is 0.0779. The van der Waals surface area contributed by atoms with Crippen molar-refractivity contribution in [2.24, 2.45) is 0 Å². The summed E-state index contributed by atoms with van der Waals surface area (Å²) >= 11 is 0. The van der Waals surface area contributed by atoms with Crippen LogP contribution in [0.2, 0.25) is 0 Å². The molecule has 27 heavy (non-hydrogen) atoms. The van der Waals surface area contributed by atoms with Gasteiger partial charge in [0.05, 0.1) is 24.8 Å². The van der Waals surface area contributed by atoms with Crippen LogP contribution in [0.4, 0.5) is 0 Å². The van der Waals surface area contributed by atoms with Gasteiger partial charge in [0, 0.05) is 24.7 Å². The molecule has 2 aromatic heterocycles. The van der Waals surface area contributed by atoms with Crippen LogP contribution in [-0.4, -0.2) is 51.8 Å². The number of rotatable bonds is 4. The van der Waals surface area contributed by atoms with E-state index < -0.39 is 0 Å². The molecule has 3 heterocycles. The minimum atomic E-state index is 0.0779. The molecule has 1 aromatic carbocycles. The summed E-state index contributed by atoms with van der Waals surface area (Å²) in [6, 6.07) is 9.68. The average Bonchev–Trinajstić information content (AvgIpc) is 3.03. The Morgan fingerprint density at radius 2 is 2.07 bits per heavy atom. The maximum Gasteiger partial charge on any atom is 0.199 e. The van der Waals surface area contributed by atoms with Crippen molar-refractivity contribution in [2.45, 2.75) is 39.3 Å². The molecule has 0 amide bonds. The summed E-state index contributed by atoms with van der Waals surface area (Å²) in [5.74, 6) is 0.856. The number of hydrogen-bond donors (Lipinski definition) is 1. The maximum atomic E-state index is 10.2. The number of nitrogens with zero attached hydrogens (tertiary/aromatic N) is 3. The summed E-state index contributed by atoms with van der Waals surface area (Å²) in [7, 11) is 0. The zero-order valence-corrected chi connectivity index (χ0v) is 16.0. The molecule has 0 aliphatic carbocycles. The topological polar surface area (TPSA) is 71.6 Å². The largest absolute Gasteiger partial charge is 0.507 e. The Labute approximate surface area is 158 Å². The lowest BCUT2D eigenvalue weighted by Crippen LogP contribution is -2.46. The molecule has 6 heteroatoms. The van der Waals surface area contributed by atoms with Crippen LogP contribution < -0.4 is 0 Å². The van der Waals surface area contributed by atoms with Crippen molar-refractivity contribution in [1.29, 1.82) is 0 Å². The van der Waals surface area contributed by atoms with Crippen LogP contribution in [-0.2, 0) is 11.2 Å². The van der Waals surface area contributed by atoms with E-state index in [1.807, 2.05) is 31.2 Å². The fraction of sp³-hybridized carbons (Fsp3) is 0.429. The van der Waals surface area contributed by atoms with Gasteiger partial charge in [0.25, 0.3) is 0 Å². The Kier molecular flexibility index (Phi) is 4.85. The smallest absolute Gasteiger partial charge is 0.199 e. The summed E-state index contributed by atoms with van der Waals surface area (Å²) in [5, 5.41) is 10.2. The van der Waals surface area contributed by atoms with Gasteiger partial charge in [-0.1, -0.05) is 12.1 Å². The highest BCUT2D eigenvalue weighted by Crippen LogP contribution is 2.32. The zero-order valence-electron chi connectivity index (χ0n) is 16.0.